The van der Waals surface area contributed by atoms with Gasteiger partial charge in [-0.25, -0.2) is 9.78 Å². The molecule has 0 bridgehead atoms. The molecule has 0 aliphatic carbocycles. The molecule has 1 aliphatic heterocycles. The van der Waals surface area contributed by atoms with Crippen LogP contribution in [-0.2, 0) is 15.9 Å². The number of amides is 1. The number of H-pyrrole nitrogens is 1. The van der Waals surface area contributed by atoms with Gasteiger partial charge in [-0.2, -0.15) is 0 Å². The number of ether oxygens (including phenoxy) is 2. The van der Waals surface area contributed by atoms with Crippen LogP contribution in [-0.4, -0.2) is 55.3 Å². The molecule has 0 saturated carbocycles. The van der Waals surface area contributed by atoms with Gasteiger partial charge in [0.05, 0.1) is 37.8 Å². The number of aromatic nitrogens is 2. The highest BCUT2D eigenvalue weighted by atomic mass is 16.5. The smallest absolute Gasteiger partial charge is 0.339 e. The van der Waals surface area contributed by atoms with Gasteiger partial charge >= 0.3 is 5.97 Å². The number of pyridine rings is 1. The van der Waals surface area contributed by atoms with E-state index in [1.807, 2.05) is 13.0 Å². The Morgan fingerprint density at radius 2 is 2.07 bits per heavy atom. The number of anilines is 2. The standard InChI is InChI=1S/C20H26N4O4/c1-4-5-15-17(20(26)27-3)13(2)22-18(15)19(25)23-16-7-6-14(12-21-16)24-8-10-28-11-9-24/h6-7,12,22H,4-5,8-11H2,1-3H3,(H,21,23,25). The average molecular weight is 386 g/mol. The quantitative estimate of drug-likeness (QED) is 0.741. The van der Waals surface area contributed by atoms with Crippen LogP contribution in [0.15, 0.2) is 18.3 Å². The van der Waals surface area contributed by atoms with Gasteiger partial charge in [-0.1, -0.05) is 13.3 Å². The molecule has 8 heteroatoms. The predicted octanol–water partition coefficient (Wildman–Crippen LogP) is 2.55. The average Bonchev–Trinajstić information content (AvgIpc) is 3.05. The van der Waals surface area contributed by atoms with E-state index in [0.717, 1.165) is 25.2 Å². The van der Waals surface area contributed by atoms with Crippen molar-refractivity contribution in [1.29, 1.82) is 0 Å². The van der Waals surface area contributed by atoms with Crippen molar-refractivity contribution in [1.82, 2.24) is 9.97 Å². The van der Waals surface area contributed by atoms with Gasteiger partial charge in [-0.15, -0.1) is 0 Å². The maximum atomic E-state index is 12.8. The Kier molecular flexibility index (Phi) is 6.30. The van der Waals surface area contributed by atoms with Gasteiger partial charge in [-0.3, -0.25) is 4.79 Å². The van der Waals surface area contributed by atoms with Crippen LogP contribution in [0.4, 0.5) is 11.5 Å². The summed E-state index contributed by atoms with van der Waals surface area (Å²) in [4.78, 5) is 34.5. The highest BCUT2D eigenvalue weighted by Gasteiger charge is 2.25. The first-order valence-electron chi connectivity index (χ1n) is 9.45. The number of carbonyl (C=O) groups excluding carboxylic acids is 2. The molecule has 1 saturated heterocycles. The third-order valence-corrected chi connectivity index (χ3v) is 4.77. The Morgan fingerprint density at radius 3 is 2.68 bits per heavy atom. The summed E-state index contributed by atoms with van der Waals surface area (Å²) in [7, 11) is 1.34. The summed E-state index contributed by atoms with van der Waals surface area (Å²) in [5.41, 5.74) is 3.10. The molecule has 2 aromatic heterocycles. The summed E-state index contributed by atoms with van der Waals surface area (Å²) >= 11 is 0. The molecule has 1 aliphatic rings. The number of morpholine rings is 1. The number of aryl methyl sites for hydroxylation is 1. The van der Waals surface area contributed by atoms with Crippen molar-refractivity contribution < 1.29 is 19.1 Å². The maximum absolute atomic E-state index is 12.8. The zero-order valence-electron chi connectivity index (χ0n) is 16.5. The van der Waals surface area contributed by atoms with Crippen LogP contribution >= 0.6 is 0 Å². The summed E-state index contributed by atoms with van der Waals surface area (Å²) in [6.07, 6.45) is 3.14. The predicted molar refractivity (Wildman–Crippen MR) is 106 cm³/mol. The summed E-state index contributed by atoms with van der Waals surface area (Å²) in [5.74, 6) is -0.311. The molecule has 0 atom stereocenters. The minimum Gasteiger partial charge on any atom is -0.465 e. The molecule has 2 N–H and O–H groups in total. The van der Waals surface area contributed by atoms with Crippen molar-refractivity contribution in [2.75, 3.05) is 43.6 Å². The maximum Gasteiger partial charge on any atom is 0.339 e. The van der Waals surface area contributed by atoms with Crippen LogP contribution in [0, 0.1) is 6.92 Å². The Balaban J connectivity index is 1.78. The third kappa shape index (κ3) is 4.17. The van der Waals surface area contributed by atoms with Crippen LogP contribution in [0.25, 0.3) is 0 Å². The Morgan fingerprint density at radius 1 is 1.32 bits per heavy atom. The van der Waals surface area contributed by atoms with Crippen molar-refractivity contribution in [3.05, 3.63) is 40.8 Å². The number of rotatable bonds is 6. The summed E-state index contributed by atoms with van der Waals surface area (Å²) in [6.45, 7) is 6.81. The summed E-state index contributed by atoms with van der Waals surface area (Å²) in [5, 5.41) is 2.81. The Hall–Kier alpha value is -2.87. The molecule has 8 nitrogen and oxygen atoms in total. The number of aromatic amines is 1. The van der Waals surface area contributed by atoms with Gasteiger partial charge in [0.2, 0.25) is 0 Å². The SMILES string of the molecule is CCCc1c(C(=O)Nc2ccc(N3CCOCC3)cn2)[nH]c(C)c1C(=O)OC. The van der Waals surface area contributed by atoms with E-state index in [0.29, 0.717) is 48.0 Å². The monoisotopic (exact) mass is 386 g/mol. The Bertz CT molecular complexity index is 839. The fourth-order valence-corrected chi connectivity index (χ4v) is 3.40. The minimum atomic E-state index is -0.441. The molecular formula is C20H26N4O4. The van der Waals surface area contributed by atoms with Crippen LogP contribution < -0.4 is 10.2 Å². The minimum absolute atomic E-state index is 0.326. The molecule has 0 radical (unpaired) electrons. The molecule has 1 fully saturated rings. The van der Waals surface area contributed by atoms with Crippen molar-refractivity contribution >= 4 is 23.4 Å². The molecule has 2 aromatic rings. The largest absolute Gasteiger partial charge is 0.465 e. The zero-order valence-corrected chi connectivity index (χ0v) is 16.5. The van der Waals surface area contributed by atoms with E-state index in [1.54, 1.807) is 19.2 Å². The summed E-state index contributed by atoms with van der Waals surface area (Å²) < 4.78 is 10.2. The normalized spacial score (nSPS) is 14.0. The molecule has 1 amide bonds. The lowest BCUT2D eigenvalue weighted by atomic mass is 10.0. The Labute approximate surface area is 164 Å². The van der Waals surface area contributed by atoms with Crippen molar-refractivity contribution in [2.24, 2.45) is 0 Å². The number of methoxy groups -OCH3 is 1. The molecule has 28 heavy (non-hydrogen) atoms. The lowest BCUT2D eigenvalue weighted by Crippen LogP contribution is -2.36. The van der Waals surface area contributed by atoms with E-state index in [9.17, 15) is 9.59 Å². The van der Waals surface area contributed by atoms with Crippen molar-refractivity contribution in [2.45, 2.75) is 26.7 Å². The van der Waals surface area contributed by atoms with Gasteiger partial charge in [0, 0.05) is 18.8 Å². The van der Waals surface area contributed by atoms with Gasteiger partial charge < -0.3 is 24.7 Å². The van der Waals surface area contributed by atoms with Crippen LogP contribution in [0.5, 0.6) is 0 Å². The van der Waals surface area contributed by atoms with Gasteiger partial charge in [-0.05, 0) is 31.0 Å². The topological polar surface area (TPSA) is 96.5 Å². The zero-order chi connectivity index (χ0) is 20.1. The first-order chi connectivity index (χ1) is 13.5. The van der Waals surface area contributed by atoms with Gasteiger partial charge in [0.15, 0.2) is 0 Å². The van der Waals surface area contributed by atoms with Crippen LogP contribution in [0.2, 0.25) is 0 Å². The van der Waals surface area contributed by atoms with Crippen LogP contribution in [0.1, 0.15) is 45.4 Å². The lowest BCUT2D eigenvalue weighted by Gasteiger charge is -2.28. The fraction of sp³-hybridized carbons (Fsp3) is 0.450. The van der Waals surface area contributed by atoms with Gasteiger partial charge in [0.1, 0.15) is 11.5 Å². The van der Waals surface area contributed by atoms with Gasteiger partial charge in [0.25, 0.3) is 5.91 Å². The lowest BCUT2D eigenvalue weighted by molar-refractivity contribution is 0.0599. The molecular weight excluding hydrogens is 360 g/mol. The second-order valence-electron chi connectivity index (χ2n) is 6.68. The van der Waals surface area contributed by atoms with Crippen molar-refractivity contribution in [3.8, 4) is 0 Å². The van der Waals surface area contributed by atoms with Crippen LogP contribution in [0.3, 0.4) is 0 Å². The highest BCUT2D eigenvalue weighted by molar-refractivity contribution is 6.06. The van der Waals surface area contributed by atoms with E-state index < -0.39 is 5.97 Å². The van der Waals surface area contributed by atoms with E-state index in [2.05, 4.69) is 20.2 Å². The molecule has 150 valence electrons. The van der Waals surface area contributed by atoms with E-state index in [4.69, 9.17) is 9.47 Å². The second kappa shape index (κ2) is 8.88. The number of carbonyl (C=O) groups is 2. The number of esters is 1. The first kappa shape index (κ1) is 19.9. The van der Waals surface area contributed by atoms with Crippen molar-refractivity contribution in [3.63, 3.8) is 0 Å². The summed E-state index contributed by atoms with van der Waals surface area (Å²) in [6, 6.07) is 3.71. The van der Waals surface area contributed by atoms with E-state index in [1.165, 1.54) is 7.11 Å². The number of nitrogens with one attached hydrogen (secondary N) is 2. The number of hydrogen-bond donors (Lipinski definition) is 2. The molecule has 0 aromatic carbocycles. The fourth-order valence-electron chi connectivity index (χ4n) is 3.40. The second-order valence-corrected chi connectivity index (χ2v) is 6.68. The highest BCUT2D eigenvalue weighted by Crippen LogP contribution is 2.23. The third-order valence-electron chi connectivity index (χ3n) is 4.77. The molecule has 0 unspecified atom stereocenters. The molecule has 3 rings (SSSR count). The molecule has 3 heterocycles. The number of nitrogens with zero attached hydrogens (tertiary/aromatic N) is 2. The number of hydrogen-bond acceptors (Lipinski definition) is 6. The van der Waals surface area contributed by atoms with E-state index >= 15 is 0 Å². The first-order valence-corrected chi connectivity index (χ1v) is 9.45. The molecule has 0 spiro atoms. The van der Waals surface area contributed by atoms with E-state index in [-0.39, 0.29) is 5.91 Å².